The molecule has 116 valence electrons. The van der Waals surface area contributed by atoms with E-state index in [2.05, 4.69) is 10.6 Å². The number of aryl methyl sites for hydroxylation is 1. The monoisotopic (exact) mass is 300 g/mol. The van der Waals surface area contributed by atoms with Crippen LogP contribution >= 0.6 is 0 Å². The quantitative estimate of drug-likeness (QED) is 0.566. The highest BCUT2D eigenvalue weighted by atomic mass is 16.5. The molecule has 0 heterocycles. The van der Waals surface area contributed by atoms with Gasteiger partial charge in [0.1, 0.15) is 11.5 Å². The topological polar surface area (TPSA) is 70.6 Å². The van der Waals surface area contributed by atoms with Gasteiger partial charge in [0.25, 0.3) is 0 Å². The molecule has 0 saturated carbocycles. The Kier molecular flexibility index (Phi) is 5.65. The zero-order chi connectivity index (χ0) is 15.8. The van der Waals surface area contributed by atoms with E-state index in [0.717, 1.165) is 12.2 Å². The molecule has 2 amide bonds. The summed E-state index contributed by atoms with van der Waals surface area (Å²) in [5, 5.41) is 14.6. The average Bonchev–Trinajstić information content (AvgIpc) is 2.51. The predicted octanol–water partition coefficient (Wildman–Crippen LogP) is 3.29. The normalized spacial score (nSPS) is 10.0. The van der Waals surface area contributed by atoms with E-state index in [1.165, 1.54) is 17.7 Å². The number of phenolic OH excluding ortho intramolecular Hbond substituents is 1. The highest BCUT2D eigenvalue weighted by Crippen LogP contribution is 2.13. The largest absolute Gasteiger partial charge is 0.508 e. The number of carbonyl (C=O) groups is 1. The number of urea groups is 1. The van der Waals surface area contributed by atoms with Crippen LogP contribution in [0.25, 0.3) is 0 Å². The van der Waals surface area contributed by atoms with Gasteiger partial charge in [-0.15, -0.1) is 0 Å². The fourth-order valence-corrected chi connectivity index (χ4v) is 1.82. The van der Waals surface area contributed by atoms with E-state index >= 15 is 0 Å². The molecule has 5 nitrogen and oxygen atoms in total. The number of benzene rings is 2. The van der Waals surface area contributed by atoms with Crippen LogP contribution in [-0.2, 0) is 0 Å². The van der Waals surface area contributed by atoms with Crippen LogP contribution in [0.5, 0.6) is 11.5 Å². The van der Waals surface area contributed by atoms with Crippen LogP contribution in [0.15, 0.2) is 48.5 Å². The molecule has 2 aromatic rings. The highest BCUT2D eigenvalue weighted by molar-refractivity contribution is 5.89. The SMILES string of the molecule is Cc1ccc(OCCCNC(=O)Nc2ccc(O)cc2)cc1. The minimum atomic E-state index is -0.277. The molecule has 0 unspecified atom stereocenters. The molecule has 0 aliphatic rings. The summed E-state index contributed by atoms with van der Waals surface area (Å²) in [5.74, 6) is 0.998. The molecule has 0 radical (unpaired) electrons. The maximum absolute atomic E-state index is 11.6. The lowest BCUT2D eigenvalue weighted by molar-refractivity contribution is 0.250. The first kappa shape index (κ1) is 15.7. The Labute approximate surface area is 129 Å². The maximum atomic E-state index is 11.6. The first-order valence-corrected chi connectivity index (χ1v) is 7.17. The summed E-state index contributed by atoms with van der Waals surface area (Å²) in [6.45, 7) is 3.10. The summed E-state index contributed by atoms with van der Waals surface area (Å²) in [7, 11) is 0. The van der Waals surface area contributed by atoms with E-state index in [9.17, 15) is 4.79 Å². The van der Waals surface area contributed by atoms with E-state index in [4.69, 9.17) is 9.84 Å². The second-order valence-corrected chi connectivity index (χ2v) is 4.94. The molecule has 2 aromatic carbocycles. The number of rotatable bonds is 6. The van der Waals surface area contributed by atoms with Crippen molar-refractivity contribution >= 4 is 11.7 Å². The number of hydrogen-bond acceptors (Lipinski definition) is 3. The van der Waals surface area contributed by atoms with Crippen LogP contribution < -0.4 is 15.4 Å². The van der Waals surface area contributed by atoms with Gasteiger partial charge < -0.3 is 20.5 Å². The molecule has 0 aliphatic heterocycles. The second-order valence-electron chi connectivity index (χ2n) is 4.94. The summed E-state index contributed by atoms with van der Waals surface area (Å²) in [4.78, 5) is 11.6. The second kappa shape index (κ2) is 7.93. The molecule has 0 atom stereocenters. The number of amides is 2. The molecule has 0 fully saturated rings. The Hall–Kier alpha value is -2.69. The molecule has 5 heteroatoms. The summed E-state index contributed by atoms with van der Waals surface area (Å²) in [6.07, 6.45) is 0.719. The van der Waals surface area contributed by atoms with Crippen molar-refractivity contribution in [2.24, 2.45) is 0 Å². The first-order valence-electron chi connectivity index (χ1n) is 7.17. The Balaban J connectivity index is 1.61. The van der Waals surface area contributed by atoms with E-state index in [0.29, 0.717) is 18.8 Å². The molecule has 2 rings (SSSR count). The lowest BCUT2D eigenvalue weighted by atomic mass is 10.2. The van der Waals surface area contributed by atoms with Crippen molar-refractivity contribution in [3.63, 3.8) is 0 Å². The molecule has 3 N–H and O–H groups in total. The number of anilines is 1. The Morgan fingerprint density at radius 1 is 1.09 bits per heavy atom. The molecule has 0 spiro atoms. The highest BCUT2D eigenvalue weighted by Gasteiger charge is 2.01. The Bertz CT molecular complexity index is 594. The third-order valence-corrected chi connectivity index (χ3v) is 3.02. The summed E-state index contributed by atoms with van der Waals surface area (Å²) in [6, 6.07) is 13.9. The number of carbonyl (C=O) groups excluding carboxylic acids is 1. The summed E-state index contributed by atoms with van der Waals surface area (Å²) in [5.41, 5.74) is 1.83. The lowest BCUT2D eigenvalue weighted by Gasteiger charge is -2.09. The third-order valence-electron chi connectivity index (χ3n) is 3.02. The molecule has 0 aliphatic carbocycles. The smallest absolute Gasteiger partial charge is 0.319 e. The fraction of sp³-hybridized carbons (Fsp3) is 0.235. The van der Waals surface area contributed by atoms with Crippen LogP contribution in [0.3, 0.4) is 0 Å². The van der Waals surface area contributed by atoms with Crippen LogP contribution in [0.1, 0.15) is 12.0 Å². The van der Waals surface area contributed by atoms with Gasteiger partial charge >= 0.3 is 6.03 Å². The maximum Gasteiger partial charge on any atom is 0.319 e. The molecule has 0 bridgehead atoms. The van der Waals surface area contributed by atoms with E-state index in [1.807, 2.05) is 31.2 Å². The minimum Gasteiger partial charge on any atom is -0.508 e. The Morgan fingerprint density at radius 3 is 2.45 bits per heavy atom. The van der Waals surface area contributed by atoms with E-state index < -0.39 is 0 Å². The van der Waals surface area contributed by atoms with Crippen LogP contribution in [0.2, 0.25) is 0 Å². The van der Waals surface area contributed by atoms with Crippen molar-refractivity contribution in [1.29, 1.82) is 0 Å². The van der Waals surface area contributed by atoms with Gasteiger partial charge in [0.15, 0.2) is 0 Å². The van der Waals surface area contributed by atoms with Crippen LogP contribution in [0.4, 0.5) is 10.5 Å². The summed E-state index contributed by atoms with van der Waals surface area (Å²) >= 11 is 0. The minimum absolute atomic E-state index is 0.166. The Morgan fingerprint density at radius 2 is 1.77 bits per heavy atom. The van der Waals surface area contributed by atoms with Crippen molar-refractivity contribution in [2.45, 2.75) is 13.3 Å². The number of ether oxygens (including phenoxy) is 1. The third kappa shape index (κ3) is 5.36. The van der Waals surface area contributed by atoms with E-state index in [1.54, 1.807) is 12.1 Å². The van der Waals surface area contributed by atoms with Crippen LogP contribution in [-0.4, -0.2) is 24.3 Å². The van der Waals surface area contributed by atoms with Gasteiger partial charge in [-0.3, -0.25) is 0 Å². The molecular formula is C17H20N2O3. The van der Waals surface area contributed by atoms with Gasteiger partial charge in [0.05, 0.1) is 6.61 Å². The number of hydrogen-bond donors (Lipinski definition) is 3. The molecular weight excluding hydrogens is 280 g/mol. The van der Waals surface area contributed by atoms with Crippen molar-refractivity contribution < 1.29 is 14.6 Å². The van der Waals surface area contributed by atoms with Crippen molar-refractivity contribution in [2.75, 3.05) is 18.5 Å². The average molecular weight is 300 g/mol. The summed E-state index contributed by atoms with van der Waals surface area (Å²) < 4.78 is 5.57. The van der Waals surface area contributed by atoms with Gasteiger partial charge in [-0.05, 0) is 49.7 Å². The zero-order valence-electron chi connectivity index (χ0n) is 12.5. The van der Waals surface area contributed by atoms with Gasteiger partial charge in [-0.2, -0.15) is 0 Å². The zero-order valence-corrected chi connectivity index (χ0v) is 12.5. The van der Waals surface area contributed by atoms with Gasteiger partial charge in [-0.1, -0.05) is 17.7 Å². The first-order chi connectivity index (χ1) is 10.6. The molecule has 0 aromatic heterocycles. The van der Waals surface area contributed by atoms with Gasteiger partial charge in [-0.25, -0.2) is 4.79 Å². The number of nitrogens with one attached hydrogen (secondary N) is 2. The molecule has 22 heavy (non-hydrogen) atoms. The number of phenols is 1. The number of aromatic hydroxyl groups is 1. The van der Waals surface area contributed by atoms with E-state index in [-0.39, 0.29) is 11.8 Å². The van der Waals surface area contributed by atoms with Crippen LogP contribution in [0, 0.1) is 6.92 Å². The predicted molar refractivity (Wildman–Crippen MR) is 86.4 cm³/mol. The van der Waals surface area contributed by atoms with Gasteiger partial charge in [0, 0.05) is 12.2 Å². The lowest BCUT2D eigenvalue weighted by Crippen LogP contribution is -2.30. The standard InChI is InChI=1S/C17H20N2O3/c1-13-3-9-16(10-4-13)22-12-2-11-18-17(21)19-14-5-7-15(20)8-6-14/h3-10,20H,2,11-12H2,1H3,(H2,18,19,21). The van der Waals surface area contributed by atoms with Crippen molar-refractivity contribution in [1.82, 2.24) is 5.32 Å². The fourth-order valence-electron chi connectivity index (χ4n) is 1.82. The van der Waals surface area contributed by atoms with Crippen molar-refractivity contribution in [3.8, 4) is 11.5 Å². The van der Waals surface area contributed by atoms with Gasteiger partial charge in [0.2, 0.25) is 0 Å². The van der Waals surface area contributed by atoms with Crippen molar-refractivity contribution in [3.05, 3.63) is 54.1 Å². The molecule has 0 saturated heterocycles.